The van der Waals surface area contributed by atoms with Crippen LogP contribution in [0.5, 0.6) is 0 Å². The lowest BCUT2D eigenvalue weighted by atomic mass is 10.1. The molecule has 15 heavy (non-hydrogen) atoms. The highest BCUT2D eigenvalue weighted by atomic mass is 35.5. The largest absolute Gasteiger partial charge is 0.383 e. The predicted molar refractivity (Wildman–Crippen MR) is 52.5 cm³/mol. The van der Waals surface area contributed by atoms with Crippen LogP contribution in [-0.2, 0) is 12.3 Å². The fraction of sp³-hybridized carbons (Fsp3) is 0.333. The Kier molecular flexibility index (Phi) is 3.81. The molecule has 0 aromatic carbocycles. The number of rotatable bonds is 3. The summed E-state index contributed by atoms with van der Waals surface area (Å²) >= 11 is 5.58. The summed E-state index contributed by atoms with van der Waals surface area (Å²) in [5, 5.41) is 8.52. The monoisotopic (exact) mass is 231 g/mol. The van der Waals surface area contributed by atoms with Crippen LogP contribution in [0, 0.1) is 11.3 Å². The molecule has 0 atom stereocenters. The fourth-order valence-corrected chi connectivity index (χ4v) is 1.42. The maximum Gasteiger partial charge on any atom is 0.280 e. The Labute approximate surface area is 90.5 Å². The van der Waals surface area contributed by atoms with Gasteiger partial charge in [0.1, 0.15) is 11.5 Å². The molecule has 0 aliphatic carbocycles. The number of hydrogen-bond acceptors (Lipinski definition) is 3. The predicted octanol–water partition coefficient (Wildman–Crippen LogP) is 2.41. The maximum atomic E-state index is 12.4. The van der Waals surface area contributed by atoms with Crippen LogP contribution in [0.4, 0.5) is 14.6 Å². The van der Waals surface area contributed by atoms with Crippen molar-refractivity contribution < 1.29 is 8.78 Å². The normalized spacial score (nSPS) is 10.3. The van der Waals surface area contributed by atoms with Crippen molar-refractivity contribution in [3.8, 4) is 6.07 Å². The van der Waals surface area contributed by atoms with E-state index in [0.29, 0.717) is 11.1 Å². The Bertz CT molecular complexity index is 401. The lowest BCUT2D eigenvalue weighted by Crippen LogP contribution is -2.05. The molecule has 0 saturated heterocycles. The summed E-state index contributed by atoms with van der Waals surface area (Å²) in [6, 6.07) is 3.06. The molecule has 0 aliphatic rings. The van der Waals surface area contributed by atoms with E-state index in [4.69, 9.17) is 22.6 Å². The number of halogens is 3. The van der Waals surface area contributed by atoms with Gasteiger partial charge in [-0.2, -0.15) is 5.26 Å². The van der Waals surface area contributed by atoms with Gasteiger partial charge in [-0.25, -0.2) is 13.8 Å². The molecule has 0 aliphatic heterocycles. The Morgan fingerprint density at radius 1 is 1.60 bits per heavy atom. The molecule has 0 bridgehead atoms. The number of nitrogen functional groups attached to an aromatic ring is 1. The van der Waals surface area contributed by atoms with E-state index >= 15 is 0 Å². The van der Waals surface area contributed by atoms with Crippen LogP contribution < -0.4 is 5.73 Å². The van der Waals surface area contributed by atoms with Crippen molar-refractivity contribution in [3.05, 3.63) is 22.9 Å². The minimum Gasteiger partial charge on any atom is -0.383 e. The SMILES string of the molecule is N#CCc1c(CCl)cc(C(F)F)nc1N. The molecule has 0 spiro atoms. The van der Waals surface area contributed by atoms with Crippen LogP contribution >= 0.6 is 11.6 Å². The summed E-state index contributed by atoms with van der Waals surface area (Å²) in [4.78, 5) is 3.52. The Morgan fingerprint density at radius 2 is 2.27 bits per heavy atom. The highest BCUT2D eigenvalue weighted by Crippen LogP contribution is 2.24. The van der Waals surface area contributed by atoms with Crippen molar-refractivity contribution in [1.29, 1.82) is 5.26 Å². The first-order valence-corrected chi connectivity index (χ1v) is 4.62. The van der Waals surface area contributed by atoms with Crippen molar-refractivity contribution in [3.63, 3.8) is 0 Å². The van der Waals surface area contributed by atoms with Crippen LogP contribution in [0.25, 0.3) is 0 Å². The number of nitriles is 1. The van der Waals surface area contributed by atoms with E-state index in [1.54, 1.807) is 0 Å². The first-order valence-electron chi connectivity index (χ1n) is 4.09. The summed E-state index contributed by atoms with van der Waals surface area (Å²) in [5.41, 5.74) is 5.91. The number of aromatic nitrogens is 1. The second-order valence-electron chi connectivity index (χ2n) is 2.84. The molecule has 1 rings (SSSR count). The second kappa shape index (κ2) is 4.89. The van der Waals surface area contributed by atoms with E-state index in [9.17, 15) is 8.78 Å². The molecular formula is C9H8ClF2N3. The van der Waals surface area contributed by atoms with E-state index in [1.165, 1.54) is 6.07 Å². The van der Waals surface area contributed by atoms with E-state index < -0.39 is 12.1 Å². The molecule has 1 aromatic rings. The van der Waals surface area contributed by atoms with Crippen molar-refractivity contribution in [2.45, 2.75) is 18.7 Å². The van der Waals surface area contributed by atoms with Gasteiger partial charge in [0, 0.05) is 11.4 Å². The molecule has 80 valence electrons. The second-order valence-corrected chi connectivity index (χ2v) is 3.11. The van der Waals surface area contributed by atoms with E-state index in [2.05, 4.69) is 4.98 Å². The number of pyridine rings is 1. The Hall–Kier alpha value is -1.41. The third-order valence-corrected chi connectivity index (χ3v) is 2.18. The molecule has 3 nitrogen and oxygen atoms in total. The molecule has 1 heterocycles. The molecule has 2 N–H and O–H groups in total. The van der Waals surface area contributed by atoms with Gasteiger partial charge in [0.15, 0.2) is 0 Å². The number of nitrogens with zero attached hydrogens (tertiary/aromatic N) is 2. The first-order chi connectivity index (χ1) is 7.10. The maximum absolute atomic E-state index is 12.4. The average molecular weight is 232 g/mol. The average Bonchev–Trinajstić information content (AvgIpc) is 2.20. The van der Waals surface area contributed by atoms with Crippen LogP contribution in [0.3, 0.4) is 0 Å². The van der Waals surface area contributed by atoms with Gasteiger partial charge < -0.3 is 5.73 Å². The van der Waals surface area contributed by atoms with Gasteiger partial charge in [0.05, 0.1) is 12.5 Å². The summed E-state index contributed by atoms with van der Waals surface area (Å²) in [6.07, 6.45) is -2.67. The zero-order chi connectivity index (χ0) is 11.4. The van der Waals surface area contributed by atoms with Gasteiger partial charge in [-0.05, 0) is 11.6 Å². The van der Waals surface area contributed by atoms with E-state index in [0.717, 1.165) is 0 Å². The molecule has 6 heteroatoms. The fourth-order valence-electron chi connectivity index (χ4n) is 1.18. The standard InChI is InChI=1S/C9H8ClF2N3/c10-4-5-3-7(8(11)12)15-9(14)6(5)1-2-13/h3,8H,1,4H2,(H2,14,15). The van der Waals surface area contributed by atoms with Crippen LogP contribution in [0.1, 0.15) is 23.2 Å². The lowest BCUT2D eigenvalue weighted by Gasteiger charge is -2.09. The Balaban J connectivity index is 3.25. The Morgan fingerprint density at radius 3 is 2.73 bits per heavy atom. The smallest absolute Gasteiger partial charge is 0.280 e. The number of anilines is 1. The van der Waals surface area contributed by atoms with Gasteiger partial charge >= 0.3 is 0 Å². The quantitative estimate of drug-likeness (QED) is 0.813. The number of alkyl halides is 3. The third-order valence-electron chi connectivity index (χ3n) is 1.89. The highest BCUT2D eigenvalue weighted by molar-refractivity contribution is 6.17. The van der Waals surface area contributed by atoms with Crippen LogP contribution in [0.2, 0.25) is 0 Å². The van der Waals surface area contributed by atoms with Gasteiger partial charge in [-0.3, -0.25) is 0 Å². The van der Waals surface area contributed by atoms with Crippen molar-refractivity contribution in [1.82, 2.24) is 4.98 Å². The number of hydrogen-bond donors (Lipinski definition) is 1. The molecule has 0 unspecified atom stereocenters. The first kappa shape index (κ1) is 11.7. The minimum absolute atomic E-state index is 0.0183. The molecule has 0 radical (unpaired) electrons. The zero-order valence-corrected chi connectivity index (χ0v) is 8.43. The van der Waals surface area contributed by atoms with Gasteiger partial charge in [-0.1, -0.05) is 0 Å². The highest BCUT2D eigenvalue weighted by Gasteiger charge is 2.15. The van der Waals surface area contributed by atoms with Gasteiger partial charge in [0.2, 0.25) is 0 Å². The van der Waals surface area contributed by atoms with Crippen molar-refractivity contribution >= 4 is 17.4 Å². The van der Waals surface area contributed by atoms with E-state index in [-0.39, 0.29) is 18.1 Å². The zero-order valence-electron chi connectivity index (χ0n) is 7.67. The van der Waals surface area contributed by atoms with Crippen LogP contribution in [0.15, 0.2) is 6.07 Å². The van der Waals surface area contributed by atoms with Crippen molar-refractivity contribution in [2.75, 3.05) is 5.73 Å². The molecule has 0 fully saturated rings. The van der Waals surface area contributed by atoms with Gasteiger partial charge in [-0.15, -0.1) is 11.6 Å². The molecule has 0 amide bonds. The minimum atomic E-state index is -2.69. The summed E-state index contributed by atoms with van der Waals surface area (Å²) in [5.74, 6) is -0.0197. The van der Waals surface area contributed by atoms with Crippen molar-refractivity contribution in [2.24, 2.45) is 0 Å². The molecular weight excluding hydrogens is 224 g/mol. The summed E-state index contributed by atoms with van der Waals surface area (Å²) < 4.78 is 24.7. The third kappa shape index (κ3) is 2.54. The lowest BCUT2D eigenvalue weighted by molar-refractivity contribution is 0.146. The summed E-state index contributed by atoms with van der Waals surface area (Å²) in [6.45, 7) is 0. The van der Waals surface area contributed by atoms with Gasteiger partial charge in [0.25, 0.3) is 6.43 Å². The molecule has 0 saturated carbocycles. The van der Waals surface area contributed by atoms with E-state index in [1.807, 2.05) is 6.07 Å². The topological polar surface area (TPSA) is 62.7 Å². The van der Waals surface area contributed by atoms with Crippen LogP contribution in [-0.4, -0.2) is 4.98 Å². The number of nitrogens with two attached hydrogens (primary N) is 1. The summed E-state index contributed by atoms with van der Waals surface area (Å²) in [7, 11) is 0. The molecule has 1 aromatic heterocycles.